The summed E-state index contributed by atoms with van der Waals surface area (Å²) in [5.41, 5.74) is 2.13. The fourth-order valence-corrected chi connectivity index (χ4v) is 2.41. The van der Waals surface area contributed by atoms with E-state index in [-0.39, 0.29) is 18.3 Å². The van der Waals surface area contributed by atoms with Crippen molar-refractivity contribution in [2.24, 2.45) is 0 Å². The van der Waals surface area contributed by atoms with Gasteiger partial charge in [-0.2, -0.15) is 0 Å². The molecule has 3 atom stereocenters. The molecule has 2 rings (SSSR count). The minimum Gasteiger partial charge on any atom is -0.371 e. The maximum atomic E-state index is 5.96. The molecule has 0 saturated carbocycles. The molecular formula is C17H24O3. The molecule has 3 nitrogen and oxygen atoms in total. The molecule has 110 valence electrons. The van der Waals surface area contributed by atoms with Crippen LogP contribution in [-0.2, 0) is 20.8 Å². The van der Waals surface area contributed by atoms with Crippen molar-refractivity contribution < 1.29 is 14.2 Å². The second-order valence-corrected chi connectivity index (χ2v) is 5.87. The first-order valence-corrected chi connectivity index (χ1v) is 7.05. The zero-order chi connectivity index (χ0) is 14.8. The molecule has 1 aromatic rings. The Kier molecular flexibility index (Phi) is 4.63. The number of ether oxygens (including phenoxy) is 3. The first kappa shape index (κ1) is 15.2. The van der Waals surface area contributed by atoms with E-state index >= 15 is 0 Å². The van der Waals surface area contributed by atoms with Gasteiger partial charge in [0, 0.05) is 0 Å². The first-order valence-electron chi connectivity index (χ1n) is 7.05. The Morgan fingerprint density at radius 2 is 1.95 bits per heavy atom. The van der Waals surface area contributed by atoms with E-state index < -0.39 is 5.79 Å². The van der Waals surface area contributed by atoms with Gasteiger partial charge in [-0.05, 0) is 38.8 Å². The third kappa shape index (κ3) is 3.69. The second kappa shape index (κ2) is 6.08. The smallest absolute Gasteiger partial charge is 0.164 e. The molecule has 0 unspecified atom stereocenters. The fourth-order valence-electron chi connectivity index (χ4n) is 2.41. The van der Waals surface area contributed by atoms with E-state index in [4.69, 9.17) is 14.2 Å². The molecule has 1 aliphatic heterocycles. The normalized spacial score (nSPS) is 26.4. The van der Waals surface area contributed by atoms with E-state index in [1.165, 1.54) is 0 Å². The van der Waals surface area contributed by atoms with E-state index in [2.05, 4.69) is 18.7 Å². The Balaban J connectivity index is 1.97. The Morgan fingerprint density at radius 3 is 2.55 bits per heavy atom. The lowest BCUT2D eigenvalue weighted by Crippen LogP contribution is -2.35. The molecule has 1 saturated heterocycles. The second-order valence-electron chi connectivity index (χ2n) is 5.87. The van der Waals surface area contributed by atoms with Gasteiger partial charge in [0.1, 0.15) is 12.2 Å². The molecule has 1 heterocycles. The van der Waals surface area contributed by atoms with E-state index in [1.54, 1.807) is 0 Å². The van der Waals surface area contributed by atoms with Crippen LogP contribution in [-0.4, -0.2) is 24.1 Å². The molecular weight excluding hydrogens is 252 g/mol. The van der Waals surface area contributed by atoms with Crippen molar-refractivity contribution in [3.05, 3.63) is 48.0 Å². The highest BCUT2D eigenvalue weighted by atomic mass is 16.8. The van der Waals surface area contributed by atoms with E-state index in [0.717, 1.165) is 11.1 Å². The molecule has 1 aromatic carbocycles. The van der Waals surface area contributed by atoms with E-state index in [9.17, 15) is 0 Å². The van der Waals surface area contributed by atoms with Crippen LogP contribution in [0.4, 0.5) is 0 Å². The summed E-state index contributed by atoms with van der Waals surface area (Å²) in [5.74, 6) is -0.585. The van der Waals surface area contributed by atoms with Crippen molar-refractivity contribution >= 4 is 0 Å². The highest BCUT2D eigenvalue weighted by molar-refractivity contribution is 5.13. The SMILES string of the molecule is C=C(C)[C@@H]1OC(C)(C)O[C@@H]1[C@H](C)OCc1ccccc1. The van der Waals surface area contributed by atoms with Crippen molar-refractivity contribution in [2.45, 2.75) is 58.4 Å². The topological polar surface area (TPSA) is 27.7 Å². The maximum Gasteiger partial charge on any atom is 0.164 e. The third-order valence-electron chi connectivity index (χ3n) is 3.43. The van der Waals surface area contributed by atoms with E-state index in [0.29, 0.717) is 6.61 Å². The summed E-state index contributed by atoms with van der Waals surface area (Å²) in [7, 11) is 0. The van der Waals surface area contributed by atoms with Gasteiger partial charge in [0.05, 0.1) is 12.7 Å². The minimum absolute atomic E-state index is 0.0568. The van der Waals surface area contributed by atoms with Crippen LogP contribution in [0.1, 0.15) is 33.3 Å². The molecule has 0 bridgehead atoms. The molecule has 0 aliphatic carbocycles. The summed E-state index contributed by atoms with van der Waals surface area (Å²) < 4.78 is 17.8. The van der Waals surface area contributed by atoms with Gasteiger partial charge in [0.15, 0.2) is 5.79 Å². The third-order valence-corrected chi connectivity index (χ3v) is 3.43. The van der Waals surface area contributed by atoms with Crippen molar-refractivity contribution in [2.75, 3.05) is 0 Å². The quantitative estimate of drug-likeness (QED) is 0.768. The van der Waals surface area contributed by atoms with Gasteiger partial charge in [-0.25, -0.2) is 0 Å². The Bertz CT molecular complexity index is 453. The summed E-state index contributed by atoms with van der Waals surface area (Å²) in [6.45, 7) is 12.4. The molecule has 1 aliphatic rings. The highest BCUT2D eigenvalue weighted by Crippen LogP contribution is 2.34. The highest BCUT2D eigenvalue weighted by Gasteiger charge is 2.44. The Morgan fingerprint density at radius 1 is 1.30 bits per heavy atom. The zero-order valence-corrected chi connectivity index (χ0v) is 12.8. The minimum atomic E-state index is -0.585. The summed E-state index contributed by atoms with van der Waals surface area (Å²) in [5, 5.41) is 0. The van der Waals surface area contributed by atoms with Gasteiger partial charge < -0.3 is 14.2 Å². The molecule has 3 heteroatoms. The summed E-state index contributed by atoms with van der Waals surface area (Å²) in [6, 6.07) is 10.1. The van der Waals surface area contributed by atoms with Crippen LogP contribution in [0.15, 0.2) is 42.5 Å². The molecule has 0 N–H and O–H groups in total. The lowest BCUT2D eigenvalue weighted by Gasteiger charge is -2.24. The molecule has 0 spiro atoms. The van der Waals surface area contributed by atoms with Gasteiger partial charge in [0.25, 0.3) is 0 Å². The predicted molar refractivity (Wildman–Crippen MR) is 79.3 cm³/mol. The average Bonchev–Trinajstić information content (AvgIpc) is 2.74. The number of rotatable bonds is 5. The van der Waals surface area contributed by atoms with Crippen LogP contribution in [0, 0.1) is 0 Å². The predicted octanol–water partition coefficient (Wildman–Crippen LogP) is 3.69. The number of hydrogen-bond acceptors (Lipinski definition) is 3. The van der Waals surface area contributed by atoms with Gasteiger partial charge in [0.2, 0.25) is 0 Å². The van der Waals surface area contributed by atoms with Crippen molar-refractivity contribution in [3.8, 4) is 0 Å². The lowest BCUT2D eigenvalue weighted by molar-refractivity contribution is -0.157. The van der Waals surface area contributed by atoms with Gasteiger partial charge in [-0.1, -0.05) is 36.9 Å². The molecule has 1 fully saturated rings. The number of benzene rings is 1. The maximum absolute atomic E-state index is 5.96. The Hall–Kier alpha value is -1.16. The zero-order valence-electron chi connectivity index (χ0n) is 12.8. The van der Waals surface area contributed by atoms with Crippen LogP contribution in [0.25, 0.3) is 0 Å². The summed E-state index contributed by atoms with van der Waals surface area (Å²) in [6.07, 6.45) is -0.291. The number of hydrogen-bond donors (Lipinski definition) is 0. The van der Waals surface area contributed by atoms with Gasteiger partial charge >= 0.3 is 0 Å². The fraction of sp³-hybridized carbons (Fsp3) is 0.529. The standard InChI is InChI=1S/C17H24O3/c1-12(2)15-16(20-17(4,5)19-15)13(3)18-11-14-9-7-6-8-10-14/h6-10,13,15-16H,1,11H2,2-5H3/t13-,15-,16+/m0/s1. The van der Waals surface area contributed by atoms with E-state index in [1.807, 2.05) is 45.9 Å². The van der Waals surface area contributed by atoms with Crippen LogP contribution in [0.5, 0.6) is 0 Å². The molecule has 0 radical (unpaired) electrons. The lowest BCUT2D eigenvalue weighted by atomic mass is 10.0. The van der Waals surface area contributed by atoms with Gasteiger partial charge in [-0.3, -0.25) is 0 Å². The largest absolute Gasteiger partial charge is 0.371 e. The Labute approximate surface area is 121 Å². The molecule has 0 aromatic heterocycles. The van der Waals surface area contributed by atoms with Crippen LogP contribution in [0.3, 0.4) is 0 Å². The van der Waals surface area contributed by atoms with Crippen LogP contribution < -0.4 is 0 Å². The average molecular weight is 276 g/mol. The molecule has 20 heavy (non-hydrogen) atoms. The van der Waals surface area contributed by atoms with Crippen molar-refractivity contribution in [1.82, 2.24) is 0 Å². The first-order chi connectivity index (χ1) is 9.39. The van der Waals surface area contributed by atoms with Crippen LogP contribution >= 0.6 is 0 Å². The van der Waals surface area contributed by atoms with Crippen molar-refractivity contribution in [3.63, 3.8) is 0 Å². The van der Waals surface area contributed by atoms with Crippen LogP contribution in [0.2, 0.25) is 0 Å². The van der Waals surface area contributed by atoms with Gasteiger partial charge in [-0.15, -0.1) is 0 Å². The van der Waals surface area contributed by atoms with Crippen molar-refractivity contribution in [1.29, 1.82) is 0 Å². The summed E-state index contributed by atoms with van der Waals surface area (Å²) >= 11 is 0. The summed E-state index contributed by atoms with van der Waals surface area (Å²) in [4.78, 5) is 0. The molecule has 0 amide bonds. The monoisotopic (exact) mass is 276 g/mol.